The molecular weight excluding hydrogens is 324 g/mol. The second kappa shape index (κ2) is 9.37. The van der Waals surface area contributed by atoms with Gasteiger partial charge in [0.15, 0.2) is 12.6 Å². The molecule has 0 aromatic heterocycles. The number of rotatable bonds is 7. The Morgan fingerprint density at radius 2 is 1.21 bits per heavy atom. The SMILES string of the molecule is CO[C@@H]1[C@@H](O[C@@H]2OC[C@@H](OC)[C@H](OC)[C@H]2OC)[C@H](OC)CO[C@H]1O. The van der Waals surface area contributed by atoms with Gasteiger partial charge in [0, 0.05) is 35.5 Å². The lowest BCUT2D eigenvalue weighted by Crippen LogP contribution is -2.61. The average molecular weight is 352 g/mol. The van der Waals surface area contributed by atoms with Crippen LogP contribution < -0.4 is 0 Å². The van der Waals surface area contributed by atoms with Gasteiger partial charge in [-0.2, -0.15) is 0 Å². The summed E-state index contributed by atoms with van der Waals surface area (Å²) in [5.41, 5.74) is 0. The Hall–Kier alpha value is -0.360. The molecule has 0 aromatic rings. The summed E-state index contributed by atoms with van der Waals surface area (Å²) in [5.74, 6) is 0. The molecule has 9 heteroatoms. The van der Waals surface area contributed by atoms with Gasteiger partial charge in [-0.05, 0) is 0 Å². The fourth-order valence-corrected chi connectivity index (χ4v) is 3.13. The first-order chi connectivity index (χ1) is 11.6. The zero-order valence-corrected chi connectivity index (χ0v) is 14.7. The van der Waals surface area contributed by atoms with Crippen LogP contribution >= 0.6 is 0 Å². The molecule has 0 unspecified atom stereocenters. The predicted octanol–water partition coefficient (Wildman–Crippen LogP) is -0.848. The minimum atomic E-state index is -1.11. The Kier molecular flexibility index (Phi) is 7.79. The van der Waals surface area contributed by atoms with Crippen molar-refractivity contribution in [1.29, 1.82) is 0 Å². The van der Waals surface area contributed by atoms with E-state index in [1.54, 1.807) is 28.4 Å². The highest BCUT2D eigenvalue weighted by atomic mass is 16.7. The first-order valence-corrected chi connectivity index (χ1v) is 7.81. The van der Waals surface area contributed by atoms with Crippen LogP contribution in [0.1, 0.15) is 0 Å². The van der Waals surface area contributed by atoms with Gasteiger partial charge in [-0.15, -0.1) is 0 Å². The second-order valence-electron chi connectivity index (χ2n) is 5.68. The van der Waals surface area contributed by atoms with Crippen molar-refractivity contribution in [3.63, 3.8) is 0 Å². The molecule has 2 rings (SSSR count). The van der Waals surface area contributed by atoms with E-state index in [0.717, 1.165) is 0 Å². The summed E-state index contributed by atoms with van der Waals surface area (Å²) in [4.78, 5) is 0. The normalized spacial score (nSPS) is 43.8. The van der Waals surface area contributed by atoms with Crippen molar-refractivity contribution in [3.05, 3.63) is 0 Å². The van der Waals surface area contributed by atoms with E-state index in [-0.39, 0.29) is 18.8 Å². The summed E-state index contributed by atoms with van der Waals surface area (Å²) >= 11 is 0. The molecule has 0 aromatic carbocycles. The van der Waals surface area contributed by atoms with Crippen LogP contribution in [0.3, 0.4) is 0 Å². The van der Waals surface area contributed by atoms with Crippen LogP contribution in [0.5, 0.6) is 0 Å². The molecule has 0 saturated carbocycles. The van der Waals surface area contributed by atoms with E-state index in [4.69, 9.17) is 37.9 Å². The number of methoxy groups -OCH3 is 5. The highest BCUT2D eigenvalue weighted by Gasteiger charge is 2.48. The van der Waals surface area contributed by atoms with E-state index in [1.165, 1.54) is 7.11 Å². The van der Waals surface area contributed by atoms with Gasteiger partial charge in [0.1, 0.15) is 36.6 Å². The van der Waals surface area contributed by atoms with Gasteiger partial charge in [-0.1, -0.05) is 0 Å². The van der Waals surface area contributed by atoms with Crippen LogP contribution in [0.2, 0.25) is 0 Å². The summed E-state index contributed by atoms with van der Waals surface area (Å²) in [6, 6.07) is 0. The third-order valence-corrected chi connectivity index (χ3v) is 4.50. The summed E-state index contributed by atoms with van der Waals surface area (Å²) < 4.78 is 44.2. The molecule has 1 N–H and O–H groups in total. The van der Waals surface area contributed by atoms with Crippen molar-refractivity contribution >= 4 is 0 Å². The molecule has 0 spiro atoms. The smallest absolute Gasteiger partial charge is 0.187 e. The van der Waals surface area contributed by atoms with Crippen molar-refractivity contribution in [2.45, 2.75) is 49.2 Å². The first kappa shape index (κ1) is 20.0. The number of hydrogen-bond acceptors (Lipinski definition) is 9. The molecule has 8 atom stereocenters. The largest absolute Gasteiger partial charge is 0.376 e. The maximum Gasteiger partial charge on any atom is 0.187 e. The highest BCUT2D eigenvalue weighted by molar-refractivity contribution is 4.90. The molecule has 2 saturated heterocycles. The van der Waals surface area contributed by atoms with E-state index in [2.05, 4.69) is 0 Å². The lowest BCUT2D eigenvalue weighted by molar-refractivity contribution is -0.338. The van der Waals surface area contributed by atoms with Crippen LogP contribution in [0.4, 0.5) is 0 Å². The van der Waals surface area contributed by atoms with Gasteiger partial charge < -0.3 is 43.0 Å². The van der Waals surface area contributed by atoms with Gasteiger partial charge >= 0.3 is 0 Å². The van der Waals surface area contributed by atoms with Crippen LogP contribution in [-0.2, 0) is 37.9 Å². The van der Waals surface area contributed by atoms with E-state index in [1.807, 2.05) is 0 Å². The molecule has 2 aliphatic rings. The average Bonchev–Trinajstić information content (AvgIpc) is 2.61. The second-order valence-corrected chi connectivity index (χ2v) is 5.68. The standard InChI is InChI=1S/C15H28O9/c1-17-8-7-23-15(13(21-5)10(8)19-3)24-11-9(18-2)6-22-14(16)12(11)20-4/h8-16H,6-7H2,1-5H3/t8-,9-,10+,11+,12-,13-,14-,15+/m1/s1. The quantitative estimate of drug-likeness (QED) is 0.629. The zero-order valence-electron chi connectivity index (χ0n) is 14.7. The molecule has 142 valence electrons. The molecular formula is C15H28O9. The third-order valence-electron chi connectivity index (χ3n) is 4.50. The van der Waals surface area contributed by atoms with Crippen molar-refractivity contribution in [2.75, 3.05) is 48.8 Å². The summed E-state index contributed by atoms with van der Waals surface area (Å²) in [6.45, 7) is 0.474. The van der Waals surface area contributed by atoms with E-state index < -0.39 is 37.0 Å². The van der Waals surface area contributed by atoms with Crippen LogP contribution in [0, 0.1) is 0 Å². The van der Waals surface area contributed by atoms with Crippen molar-refractivity contribution in [2.24, 2.45) is 0 Å². The van der Waals surface area contributed by atoms with Gasteiger partial charge in [0.25, 0.3) is 0 Å². The molecule has 0 amide bonds. The van der Waals surface area contributed by atoms with Gasteiger partial charge in [0.2, 0.25) is 0 Å². The fraction of sp³-hybridized carbons (Fsp3) is 1.00. The molecule has 9 nitrogen and oxygen atoms in total. The fourth-order valence-electron chi connectivity index (χ4n) is 3.13. The summed E-state index contributed by atoms with van der Waals surface area (Å²) in [6.07, 6.45) is -4.70. The molecule has 0 aliphatic carbocycles. The Balaban J connectivity index is 2.13. The zero-order chi connectivity index (χ0) is 17.7. The van der Waals surface area contributed by atoms with Crippen molar-refractivity contribution in [1.82, 2.24) is 0 Å². The monoisotopic (exact) mass is 352 g/mol. The number of aliphatic hydroxyl groups is 1. The molecule has 0 bridgehead atoms. The molecule has 0 radical (unpaired) electrons. The minimum absolute atomic E-state index is 0.182. The topological polar surface area (TPSA) is 94.1 Å². The lowest BCUT2D eigenvalue weighted by Gasteiger charge is -2.45. The van der Waals surface area contributed by atoms with Gasteiger partial charge in [0.05, 0.1) is 13.2 Å². The van der Waals surface area contributed by atoms with Crippen LogP contribution in [-0.4, -0.2) is 103 Å². The molecule has 24 heavy (non-hydrogen) atoms. The molecule has 2 fully saturated rings. The van der Waals surface area contributed by atoms with Crippen LogP contribution in [0.15, 0.2) is 0 Å². The van der Waals surface area contributed by atoms with Crippen molar-refractivity contribution in [3.8, 4) is 0 Å². The van der Waals surface area contributed by atoms with Crippen molar-refractivity contribution < 1.29 is 43.0 Å². The van der Waals surface area contributed by atoms with E-state index in [0.29, 0.717) is 6.61 Å². The van der Waals surface area contributed by atoms with Crippen LogP contribution in [0.25, 0.3) is 0 Å². The highest BCUT2D eigenvalue weighted by Crippen LogP contribution is 2.28. The van der Waals surface area contributed by atoms with E-state index in [9.17, 15) is 5.11 Å². The minimum Gasteiger partial charge on any atom is -0.376 e. The third kappa shape index (κ3) is 4.06. The predicted molar refractivity (Wildman–Crippen MR) is 80.6 cm³/mol. The van der Waals surface area contributed by atoms with Gasteiger partial charge in [-0.3, -0.25) is 0 Å². The Bertz CT molecular complexity index is 369. The summed E-state index contributed by atoms with van der Waals surface area (Å²) in [5, 5.41) is 9.98. The van der Waals surface area contributed by atoms with E-state index >= 15 is 0 Å². The molecule has 2 aliphatic heterocycles. The maximum absolute atomic E-state index is 9.98. The first-order valence-electron chi connectivity index (χ1n) is 7.81. The number of hydrogen-bond donors (Lipinski definition) is 1. The Labute approximate surface area is 142 Å². The molecule has 2 heterocycles. The number of ether oxygens (including phenoxy) is 8. The summed E-state index contributed by atoms with van der Waals surface area (Å²) in [7, 11) is 7.74. The number of aliphatic hydroxyl groups excluding tert-OH is 1. The lowest BCUT2D eigenvalue weighted by atomic mass is 10.0. The maximum atomic E-state index is 9.98. The Morgan fingerprint density at radius 1 is 0.667 bits per heavy atom. The Morgan fingerprint density at radius 3 is 1.75 bits per heavy atom. The van der Waals surface area contributed by atoms with Gasteiger partial charge in [-0.25, -0.2) is 0 Å².